The van der Waals surface area contributed by atoms with Crippen molar-refractivity contribution in [2.75, 3.05) is 5.88 Å². The summed E-state index contributed by atoms with van der Waals surface area (Å²) in [6, 6.07) is 0. The number of carbonyl (C=O) groups is 1. The predicted octanol–water partition coefficient (Wildman–Crippen LogP) is 0.372. The number of fused-ring (bicyclic) bond motifs is 3. The lowest BCUT2D eigenvalue weighted by atomic mass is 9.77. The first-order valence-corrected chi connectivity index (χ1v) is 7.55. The second kappa shape index (κ2) is 4.81. The number of carbonyl (C=O) groups excluding carboxylic acids is 1. The summed E-state index contributed by atoms with van der Waals surface area (Å²) in [7, 11) is 0. The van der Waals surface area contributed by atoms with Gasteiger partial charge in [-0.05, 0) is 6.42 Å². The molecular formula is C15H19ClO5. The minimum Gasteiger partial charge on any atom is -0.458 e. The Labute approximate surface area is 127 Å². The molecule has 2 aliphatic carbocycles. The number of hydrogen-bond acceptors (Lipinski definition) is 5. The Morgan fingerprint density at radius 1 is 1.29 bits per heavy atom. The van der Waals surface area contributed by atoms with E-state index in [4.69, 9.17) is 16.3 Å². The van der Waals surface area contributed by atoms with Crippen LogP contribution in [0.1, 0.15) is 12.8 Å². The third-order valence-electron chi connectivity index (χ3n) is 5.19. The Kier molecular flexibility index (Phi) is 3.44. The molecule has 116 valence electrons. The van der Waals surface area contributed by atoms with Gasteiger partial charge in [0.25, 0.3) is 0 Å². The molecule has 1 heterocycles. The molecule has 0 aromatic carbocycles. The third kappa shape index (κ3) is 1.99. The van der Waals surface area contributed by atoms with E-state index in [0.29, 0.717) is 5.57 Å². The number of rotatable bonds is 1. The topological polar surface area (TPSA) is 87.0 Å². The summed E-state index contributed by atoms with van der Waals surface area (Å²) in [6.07, 6.45) is -2.06. The normalized spacial score (nSPS) is 49.6. The first-order chi connectivity index (χ1) is 9.80. The summed E-state index contributed by atoms with van der Waals surface area (Å²) in [5.41, 5.74) is -0.495. The predicted molar refractivity (Wildman–Crippen MR) is 75.5 cm³/mol. The van der Waals surface area contributed by atoms with Gasteiger partial charge >= 0.3 is 5.97 Å². The minimum atomic E-state index is -1.35. The van der Waals surface area contributed by atoms with E-state index in [-0.39, 0.29) is 24.3 Å². The van der Waals surface area contributed by atoms with E-state index in [2.05, 4.69) is 13.2 Å². The maximum Gasteiger partial charge on any atom is 0.334 e. The van der Waals surface area contributed by atoms with Crippen LogP contribution in [0.25, 0.3) is 0 Å². The molecule has 3 fully saturated rings. The number of ether oxygens (including phenoxy) is 1. The molecule has 0 aromatic heterocycles. The number of alkyl halides is 1. The van der Waals surface area contributed by atoms with Crippen LogP contribution in [0.3, 0.4) is 0 Å². The first-order valence-electron chi connectivity index (χ1n) is 7.02. The highest BCUT2D eigenvalue weighted by molar-refractivity contribution is 6.18. The van der Waals surface area contributed by atoms with Gasteiger partial charge in [-0.3, -0.25) is 0 Å². The Morgan fingerprint density at radius 3 is 2.57 bits per heavy atom. The lowest BCUT2D eigenvalue weighted by molar-refractivity contribution is -0.147. The van der Waals surface area contributed by atoms with E-state index >= 15 is 0 Å². The Morgan fingerprint density at radius 2 is 1.95 bits per heavy atom. The molecule has 7 unspecified atom stereocenters. The number of aliphatic hydroxyl groups is 3. The largest absolute Gasteiger partial charge is 0.458 e. The summed E-state index contributed by atoms with van der Waals surface area (Å²) < 4.78 is 5.37. The lowest BCUT2D eigenvalue weighted by Crippen LogP contribution is -2.46. The molecule has 6 heteroatoms. The highest BCUT2D eigenvalue weighted by atomic mass is 35.5. The van der Waals surface area contributed by atoms with E-state index < -0.39 is 47.6 Å². The second-order valence-electron chi connectivity index (χ2n) is 6.41. The highest BCUT2D eigenvalue weighted by Crippen LogP contribution is 2.54. The van der Waals surface area contributed by atoms with Gasteiger partial charge in [0.05, 0.1) is 29.6 Å². The Bertz CT molecular complexity index is 518. The van der Waals surface area contributed by atoms with Crippen LogP contribution in [-0.2, 0) is 9.53 Å². The Balaban J connectivity index is 2.10. The summed E-state index contributed by atoms with van der Waals surface area (Å²) in [6.45, 7) is 7.65. The van der Waals surface area contributed by atoms with Crippen molar-refractivity contribution in [1.29, 1.82) is 0 Å². The number of aliphatic hydroxyl groups excluding tert-OH is 2. The zero-order valence-electron chi connectivity index (χ0n) is 11.5. The first kappa shape index (κ1) is 15.0. The van der Waals surface area contributed by atoms with Gasteiger partial charge in [-0.15, -0.1) is 11.6 Å². The quantitative estimate of drug-likeness (QED) is 0.282. The van der Waals surface area contributed by atoms with Gasteiger partial charge in [-0.25, -0.2) is 4.79 Å². The molecule has 0 amide bonds. The van der Waals surface area contributed by atoms with E-state index in [1.807, 2.05) is 0 Å². The van der Waals surface area contributed by atoms with Gasteiger partial charge in [-0.1, -0.05) is 18.7 Å². The molecule has 1 aliphatic heterocycles. The fraction of sp³-hybridized carbons (Fsp3) is 0.667. The molecule has 0 bridgehead atoms. The van der Waals surface area contributed by atoms with Crippen LogP contribution in [-0.4, -0.2) is 51.1 Å². The molecule has 1 saturated heterocycles. The zero-order chi connectivity index (χ0) is 15.5. The molecular weight excluding hydrogens is 296 g/mol. The van der Waals surface area contributed by atoms with Gasteiger partial charge < -0.3 is 20.1 Å². The molecule has 21 heavy (non-hydrogen) atoms. The number of hydrogen-bond donors (Lipinski definition) is 3. The van der Waals surface area contributed by atoms with Crippen molar-refractivity contribution in [3.8, 4) is 0 Å². The smallest absolute Gasteiger partial charge is 0.334 e. The maximum atomic E-state index is 11.8. The average Bonchev–Trinajstić information content (AvgIpc) is 2.80. The SMILES string of the molecule is C=C1C(=O)OC2C1C(O)CC(=C)C1C(O)CC(O)(CCl)C21. The molecule has 2 saturated carbocycles. The van der Waals surface area contributed by atoms with Crippen LogP contribution in [0.2, 0.25) is 0 Å². The molecule has 3 aliphatic rings. The van der Waals surface area contributed by atoms with Crippen molar-refractivity contribution < 1.29 is 24.9 Å². The lowest BCUT2D eigenvalue weighted by Gasteiger charge is -2.35. The van der Waals surface area contributed by atoms with Gasteiger partial charge in [0, 0.05) is 23.8 Å². The Hall–Kier alpha value is -0.880. The minimum absolute atomic E-state index is 0.0815. The van der Waals surface area contributed by atoms with Gasteiger partial charge in [0.2, 0.25) is 0 Å². The monoisotopic (exact) mass is 314 g/mol. The van der Waals surface area contributed by atoms with Crippen LogP contribution in [0.15, 0.2) is 24.3 Å². The molecule has 0 radical (unpaired) electrons. The molecule has 3 N–H and O–H groups in total. The van der Waals surface area contributed by atoms with Crippen LogP contribution >= 0.6 is 11.6 Å². The zero-order valence-corrected chi connectivity index (χ0v) is 12.3. The highest BCUT2D eigenvalue weighted by Gasteiger charge is 2.63. The molecule has 0 spiro atoms. The molecule has 7 atom stereocenters. The molecule has 3 rings (SSSR count). The van der Waals surface area contributed by atoms with Crippen molar-refractivity contribution in [1.82, 2.24) is 0 Å². The van der Waals surface area contributed by atoms with E-state index in [0.717, 1.165) is 0 Å². The fourth-order valence-electron chi connectivity index (χ4n) is 4.27. The van der Waals surface area contributed by atoms with E-state index in [9.17, 15) is 20.1 Å². The van der Waals surface area contributed by atoms with Crippen molar-refractivity contribution in [2.45, 2.75) is 36.8 Å². The summed E-state index contributed by atoms with van der Waals surface area (Å²) in [5.74, 6) is -2.26. The van der Waals surface area contributed by atoms with Gasteiger partial charge in [0.15, 0.2) is 0 Å². The second-order valence-corrected chi connectivity index (χ2v) is 6.68. The summed E-state index contributed by atoms with van der Waals surface area (Å²) in [5, 5.41) is 31.4. The summed E-state index contributed by atoms with van der Waals surface area (Å²) >= 11 is 5.92. The van der Waals surface area contributed by atoms with Crippen molar-refractivity contribution >= 4 is 17.6 Å². The molecule has 0 aromatic rings. The van der Waals surface area contributed by atoms with Crippen LogP contribution < -0.4 is 0 Å². The number of esters is 1. The van der Waals surface area contributed by atoms with Gasteiger partial charge in [0.1, 0.15) is 6.10 Å². The van der Waals surface area contributed by atoms with E-state index in [1.165, 1.54) is 0 Å². The van der Waals surface area contributed by atoms with Crippen LogP contribution in [0.5, 0.6) is 0 Å². The maximum absolute atomic E-state index is 11.8. The standard InChI is InChI=1S/C15H19ClO5/c1-6-3-8(17)11-7(2)14(19)21-13(11)12-10(6)9(18)4-15(12,20)5-16/h8-13,17-18,20H,1-5H2. The van der Waals surface area contributed by atoms with Crippen molar-refractivity contribution in [3.05, 3.63) is 24.3 Å². The fourth-order valence-corrected chi connectivity index (χ4v) is 4.55. The van der Waals surface area contributed by atoms with Crippen LogP contribution in [0, 0.1) is 17.8 Å². The number of halogens is 1. The average molecular weight is 315 g/mol. The van der Waals surface area contributed by atoms with Crippen LogP contribution in [0.4, 0.5) is 0 Å². The van der Waals surface area contributed by atoms with E-state index in [1.54, 1.807) is 0 Å². The molecule has 5 nitrogen and oxygen atoms in total. The summed E-state index contributed by atoms with van der Waals surface area (Å²) in [4.78, 5) is 11.8. The third-order valence-corrected chi connectivity index (χ3v) is 5.65. The van der Waals surface area contributed by atoms with Crippen molar-refractivity contribution in [3.63, 3.8) is 0 Å². The van der Waals surface area contributed by atoms with Gasteiger partial charge in [-0.2, -0.15) is 0 Å². The van der Waals surface area contributed by atoms with Crippen molar-refractivity contribution in [2.24, 2.45) is 17.8 Å².